The van der Waals surface area contributed by atoms with Gasteiger partial charge in [-0.25, -0.2) is 0 Å². The van der Waals surface area contributed by atoms with E-state index in [-0.39, 0.29) is 63.0 Å². The van der Waals surface area contributed by atoms with Gasteiger partial charge in [0.2, 0.25) is 0 Å². The molecule has 2 rings (SSSR count). The van der Waals surface area contributed by atoms with Crippen molar-refractivity contribution in [3.8, 4) is 0 Å². The third-order valence-corrected chi connectivity index (χ3v) is 6.60. The molecule has 0 aromatic carbocycles. The zero-order valence-corrected chi connectivity index (χ0v) is 15.9. The molecule has 0 spiro atoms. The predicted molar refractivity (Wildman–Crippen MR) is 106 cm³/mol. The summed E-state index contributed by atoms with van der Waals surface area (Å²) in [7, 11) is -3.91. The first-order valence-electron chi connectivity index (χ1n) is 7.10. The Hall–Kier alpha value is 1.09. The van der Waals surface area contributed by atoms with Crippen molar-refractivity contribution in [1.82, 2.24) is 9.80 Å². The summed E-state index contributed by atoms with van der Waals surface area (Å²) >= 11 is 8.13. The van der Waals surface area contributed by atoms with E-state index in [0.29, 0.717) is 28.7 Å². The number of nitrogens with zero attached hydrogens (tertiary/aromatic N) is 2. The quantitative estimate of drug-likeness (QED) is 0.290. The Bertz CT molecular complexity index is 663. The van der Waals surface area contributed by atoms with Crippen LogP contribution < -0.4 is 0 Å². The molecule has 0 atom stereocenters. The molecule has 0 radical (unpaired) electrons. The molecule has 0 saturated carbocycles. The standard InChI is InChI=1S/C13H18N2O4S4.K.H/c1-2-15-12(16)10(22-13(15)20)4-5-11-14(7-8-21-11)6-3-9-23(17,18)19;;/h4-5H,2-3,6-9H2,1H3,(H,17,18,19);;/b10-4+,11-5+;;. The first-order valence-corrected chi connectivity index (χ1v) is 10.9. The van der Waals surface area contributed by atoms with Crippen molar-refractivity contribution in [3.63, 3.8) is 0 Å². The summed E-state index contributed by atoms with van der Waals surface area (Å²) in [5.74, 6) is 0.609. The maximum absolute atomic E-state index is 12.1. The number of thiocarbonyl (C=S) groups is 1. The zero-order chi connectivity index (χ0) is 17.0. The predicted octanol–water partition coefficient (Wildman–Crippen LogP) is 1.27. The number of carbonyl (C=O) groups excluding carboxylic acids is 1. The Balaban J connectivity index is 0.00000288. The summed E-state index contributed by atoms with van der Waals surface area (Å²) < 4.78 is 30.9. The Morgan fingerprint density at radius 3 is 2.67 bits per heavy atom. The molecule has 130 valence electrons. The van der Waals surface area contributed by atoms with Gasteiger partial charge in [-0.3, -0.25) is 14.2 Å². The van der Waals surface area contributed by atoms with E-state index in [0.717, 1.165) is 17.3 Å². The van der Waals surface area contributed by atoms with E-state index in [4.69, 9.17) is 16.8 Å². The van der Waals surface area contributed by atoms with Gasteiger partial charge in [-0.2, -0.15) is 8.42 Å². The van der Waals surface area contributed by atoms with E-state index < -0.39 is 10.1 Å². The SMILES string of the molecule is CCN1C(=O)/C(=C\C=C2\SCCN2CCCS(=O)(=O)O)SC1=S.[KH]. The molecule has 0 aromatic heterocycles. The minimum absolute atomic E-state index is 0. The minimum atomic E-state index is -3.91. The van der Waals surface area contributed by atoms with Crippen molar-refractivity contribution in [2.45, 2.75) is 13.3 Å². The zero-order valence-electron chi connectivity index (χ0n) is 12.6. The molecule has 2 fully saturated rings. The molecular formula is C13H19KN2O4S4. The molecule has 2 aliphatic rings. The van der Waals surface area contributed by atoms with Gasteiger partial charge in [-0.15, -0.1) is 11.8 Å². The third-order valence-electron chi connectivity index (χ3n) is 3.32. The van der Waals surface area contributed by atoms with E-state index in [9.17, 15) is 13.2 Å². The molecule has 2 aliphatic heterocycles. The van der Waals surface area contributed by atoms with Gasteiger partial charge in [0.15, 0.2) is 0 Å². The van der Waals surface area contributed by atoms with Gasteiger partial charge in [0.25, 0.3) is 16.0 Å². The van der Waals surface area contributed by atoms with Crippen molar-refractivity contribution < 1.29 is 17.8 Å². The second-order valence-corrected chi connectivity index (χ2v) is 9.29. The molecule has 6 nitrogen and oxygen atoms in total. The van der Waals surface area contributed by atoms with Gasteiger partial charge in [0, 0.05) is 25.4 Å². The maximum atomic E-state index is 12.1. The molecule has 0 unspecified atom stereocenters. The fourth-order valence-corrected chi connectivity index (χ4v) is 5.08. The van der Waals surface area contributed by atoms with Crippen LogP contribution in [0.3, 0.4) is 0 Å². The summed E-state index contributed by atoms with van der Waals surface area (Å²) in [5, 5.41) is 1.00. The average Bonchev–Trinajstić information content (AvgIpc) is 3.00. The van der Waals surface area contributed by atoms with Crippen molar-refractivity contribution in [3.05, 3.63) is 22.1 Å². The van der Waals surface area contributed by atoms with Crippen molar-refractivity contribution >= 4 is 107 Å². The number of likely N-dealkylation sites (N-methyl/N-ethyl adjacent to an activating group) is 1. The van der Waals surface area contributed by atoms with Gasteiger partial charge >= 0.3 is 51.4 Å². The first kappa shape index (κ1) is 23.1. The molecule has 0 aromatic rings. The second kappa shape index (κ2) is 10.4. The van der Waals surface area contributed by atoms with E-state index in [1.165, 1.54) is 11.8 Å². The molecular weight excluding hydrogens is 416 g/mol. The van der Waals surface area contributed by atoms with E-state index in [1.54, 1.807) is 22.7 Å². The average molecular weight is 435 g/mol. The number of hydrogen-bond donors (Lipinski definition) is 1. The number of hydrogen-bond acceptors (Lipinski definition) is 7. The number of carbonyl (C=O) groups is 1. The first-order chi connectivity index (χ1) is 10.8. The number of amides is 1. The van der Waals surface area contributed by atoms with Crippen LogP contribution in [0.15, 0.2) is 22.1 Å². The Labute approximate surface area is 199 Å². The van der Waals surface area contributed by atoms with Gasteiger partial charge in [-0.1, -0.05) is 24.0 Å². The molecule has 2 heterocycles. The molecule has 0 bridgehead atoms. The molecule has 0 aliphatic carbocycles. The van der Waals surface area contributed by atoms with E-state index >= 15 is 0 Å². The van der Waals surface area contributed by atoms with Crippen LogP contribution in [0.2, 0.25) is 0 Å². The summed E-state index contributed by atoms with van der Waals surface area (Å²) in [6.07, 6.45) is 4.03. The monoisotopic (exact) mass is 434 g/mol. The van der Waals surface area contributed by atoms with Crippen LogP contribution in [0.5, 0.6) is 0 Å². The van der Waals surface area contributed by atoms with Crippen LogP contribution in [0.1, 0.15) is 13.3 Å². The number of rotatable bonds is 6. The second-order valence-electron chi connectivity index (χ2n) is 4.93. The number of thioether (sulfide) groups is 2. The van der Waals surface area contributed by atoms with Crippen LogP contribution in [0, 0.1) is 0 Å². The van der Waals surface area contributed by atoms with Crippen LogP contribution in [-0.2, 0) is 14.9 Å². The van der Waals surface area contributed by atoms with Crippen molar-refractivity contribution in [1.29, 1.82) is 0 Å². The Kier molecular flexibility index (Phi) is 10.0. The summed E-state index contributed by atoms with van der Waals surface area (Å²) in [6.45, 7) is 3.83. The summed E-state index contributed by atoms with van der Waals surface area (Å²) in [4.78, 5) is 16.4. The fraction of sp³-hybridized carbons (Fsp3) is 0.538. The molecule has 11 heteroatoms. The molecule has 24 heavy (non-hydrogen) atoms. The fourth-order valence-electron chi connectivity index (χ4n) is 2.21. The van der Waals surface area contributed by atoms with Crippen LogP contribution >= 0.6 is 35.7 Å². The van der Waals surface area contributed by atoms with Gasteiger partial charge in [0.05, 0.1) is 15.7 Å². The Morgan fingerprint density at radius 2 is 2.08 bits per heavy atom. The van der Waals surface area contributed by atoms with E-state index in [2.05, 4.69) is 4.90 Å². The molecule has 2 saturated heterocycles. The summed E-state index contributed by atoms with van der Waals surface area (Å²) in [6, 6.07) is 0. The topological polar surface area (TPSA) is 77.9 Å². The summed E-state index contributed by atoms with van der Waals surface area (Å²) in [5.41, 5.74) is 0. The van der Waals surface area contributed by atoms with Gasteiger partial charge in [0.1, 0.15) is 4.32 Å². The van der Waals surface area contributed by atoms with Crippen LogP contribution in [0.25, 0.3) is 0 Å². The van der Waals surface area contributed by atoms with E-state index in [1.807, 2.05) is 13.0 Å². The van der Waals surface area contributed by atoms with Crippen LogP contribution in [-0.4, -0.2) is 116 Å². The molecule has 1 amide bonds. The normalized spacial score (nSPS) is 21.9. The number of allylic oxidation sites excluding steroid dienone is 2. The third kappa shape index (κ3) is 6.67. The van der Waals surface area contributed by atoms with Gasteiger partial charge in [-0.05, 0) is 25.5 Å². The van der Waals surface area contributed by atoms with Gasteiger partial charge < -0.3 is 4.90 Å². The van der Waals surface area contributed by atoms with Crippen LogP contribution in [0.4, 0.5) is 0 Å². The molecule has 1 N–H and O–H groups in total. The Morgan fingerprint density at radius 1 is 1.38 bits per heavy atom. The van der Waals surface area contributed by atoms with Crippen molar-refractivity contribution in [2.24, 2.45) is 0 Å². The van der Waals surface area contributed by atoms with Crippen molar-refractivity contribution in [2.75, 3.05) is 31.1 Å².